The summed E-state index contributed by atoms with van der Waals surface area (Å²) in [6.07, 6.45) is 3.35. The van der Waals surface area contributed by atoms with Gasteiger partial charge in [0.1, 0.15) is 6.29 Å². The first-order valence-corrected chi connectivity index (χ1v) is 2.96. The van der Waals surface area contributed by atoms with E-state index in [1.807, 2.05) is 0 Å². The van der Waals surface area contributed by atoms with Crippen LogP contribution >= 0.6 is 0 Å². The second-order valence-electron chi connectivity index (χ2n) is 1.96. The van der Waals surface area contributed by atoms with E-state index in [1.54, 1.807) is 0 Å². The molecular formula is C6H11ClMgO2. The third-order valence-corrected chi connectivity index (χ3v) is 1.32. The Morgan fingerprint density at radius 3 is 2.40 bits per heavy atom. The predicted molar refractivity (Wildman–Crippen MR) is 35.8 cm³/mol. The van der Waals surface area contributed by atoms with Gasteiger partial charge in [0.25, 0.3) is 0 Å². The van der Waals surface area contributed by atoms with Crippen LogP contribution in [0.4, 0.5) is 0 Å². The molecule has 0 N–H and O–H groups in total. The second-order valence-corrected chi connectivity index (χ2v) is 1.96. The van der Waals surface area contributed by atoms with E-state index in [2.05, 4.69) is 7.11 Å². The van der Waals surface area contributed by atoms with Gasteiger partial charge in [-0.2, -0.15) is 0 Å². The molecule has 0 aromatic heterocycles. The third-order valence-electron chi connectivity index (χ3n) is 1.32. The Hall–Kier alpha value is 0.976. The summed E-state index contributed by atoms with van der Waals surface area (Å²) in [6.45, 7) is 0.834. The number of hydrogen-bond donors (Lipinski definition) is 0. The molecule has 1 saturated heterocycles. The van der Waals surface area contributed by atoms with Crippen LogP contribution in [0.2, 0.25) is 0 Å². The summed E-state index contributed by atoms with van der Waals surface area (Å²) in [6, 6.07) is 0. The van der Waals surface area contributed by atoms with Crippen molar-refractivity contribution in [3.05, 3.63) is 7.11 Å². The van der Waals surface area contributed by atoms with Gasteiger partial charge in [0.2, 0.25) is 0 Å². The van der Waals surface area contributed by atoms with E-state index in [0.717, 1.165) is 13.0 Å². The van der Waals surface area contributed by atoms with Crippen molar-refractivity contribution in [2.75, 3.05) is 6.61 Å². The zero-order chi connectivity index (χ0) is 5.82. The van der Waals surface area contributed by atoms with Crippen molar-refractivity contribution in [1.82, 2.24) is 0 Å². The fourth-order valence-corrected chi connectivity index (χ4v) is 0.843. The monoisotopic (exact) mass is 174 g/mol. The van der Waals surface area contributed by atoms with Crippen molar-refractivity contribution in [2.45, 2.75) is 25.6 Å². The first-order valence-electron chi connectivity index (χ1n) is 2.96. The molecule has 0 spiro atoms. The van der Waals surface area contributed by atoms with Crippen LogP contribution in [0.15, 0.2) is 0 Å². The first kappa shape index (κ1) is 13.6. The number of ether oxygens (including phenoxy) is 2. The summed E-state index contributed by atoms with van der Waals surface area (Å²) in [4.78, 5) is 0. The Kier molecular flexibility index (Phi) is 11.0. The van der Waals surface area contributed by atoms with Gasteiger partial charge < -0.3 is 21.9 Å². The summed E-state index contributed by atoms with van der Waals surface area (Å²) in [7, 11) is 3.28. The van der Waals surface area contributed by atoms with Gasteiger partial charge in [-0.25, -0.2) is 7.11 Å². The van der Waals surface area contributed by atoms with Crippen LogP contribution in [0.25, 0.3) is 0 Å². The molecule has 1 heterocycles. The van der Waals surface area contributed by atoms with Crippen molar-refractivity contribution in [3.8, 4) is 0 Å². The Morgan fingerprint density at radius 2 is 2.10 bits per heavy atom. The fourth-order valence-electron chi connectivity index (χ4n) is 0.843. The van der Waals surface area contributed by atoms with Crippen LogP contribution < -0.4 is 12.4 Å². The van der Waals surface area contributed by atoms with E-state index in [-0.39, 0.29) is 41.7 Å². The molecular weight excluding hydrogens is 164 g/mol. The SMILES string of the molecule is [CH2-]OC1CCCCO1.[Cl-].[Mg+2]. The minimum absolute atomic E-state index is 0. The van der Waals surface area contributed by atoms with E-state index in [1.165, 1.54) is 12.8 Å². The van der Waals surface area contributed by atoms with E-state index in [4.69, 9.17) is 9.47 Å². The van der Waals surface area contributed by atoms with Gasteiger partial charge >= 0.3 is 23.1 Å². The normalized spacial score (nSPS) is 24.3. The molecule has 0 amide bonds. The van der Waals surface area contributed by atoms with Crippen LogP contribution in [-0.2, 0) is 9.47 Å². The molecule has 0 bridgehead atoms. The molecule has 0 aromatic carbocycles. The molecule has 1 unspecified atom stereocenters. The number of hydrogen-bond acceptors (Lipinski definition) is 2. The summed E-state index contributed by atoms with van der Waals surface area (Å²) in [5.41, 5.74) is 0. The third kappa shape index (κ3) is 4.74. The maximum absolute atomic E-state index is 5.14. The van der Waals surface area contributed by atoms with Gasteiger partial charge in [0.15, 0.2) is 0 Å². The minimum atomic E-state index is -0.0243. The van der Waals surface area contributed by atoms with Crippen LogP contribution in [-0.4, -0.2) is 35.9 Å². The van der Waals surface area contributed by atoms with Gasteiger partial charge in [-0.15, -0.1) is 0 Å². The van der Waals surface area contributed by atoms with Gasteiger partial charge in [-0.05, 0) is 19.3 Å². The van der Waals surface area contributed by atoms with Gasteiger partial charge in [-0.1, -0.05) is 0 Å². The maximum Gasteiger partial charge on any atom is 2.00 e. The largest absolute Gasteiger partial charge is 2.00 e. The summed E-state index contributed by atoms with van der Waals surface area (Å²) in [5.74, 6) is 0. The van der Waals surface area contributed by atoms with Crippen molar-refractivity contribution >= 4 is 23.1 Å². The summed E-state index contributed by atoms with van der Waals surface area (Å²) >= 11 is 0. The molecule has 4 heteroatoms. The topological polar surface area (TPSA) is 18.5 Å². The Morgan fingerprint density at radius 1 is 1.40 bits per heavy atom. The number of halogens is 1. The molecule has 1 fully saturated rings. The van der Waals surface area contributed by atoms with Crippen molar-refractivity contribution < 1.29 is 21.9 Å². The molecule has 2 nitrogen and oxygen atoms in total. The molecule has 10 heavy (non-hydrogen) atoms. The van der Waals surface area contributed by atoms with Crippen LogP contribution in [0.5, 0.6) is 0 Å². The quantitative estimate of drug-likeness (QED) is 0.337. The first-order chi connectivity index (χ1) is 3.93. The van der Waals surface area contributed by atoms with E-state index in [0.29, 0.717) is 0 Å². The molecule has 1 aliphatic heterocycles. The average molecular weight is 175 g/mol. The second kappa shape index (κ2) is 8.08. The van der Waals surface area contributed by atoms with E-state index < -0.39 is 0 Å². The van der Waals surface area contributed by atoms with Crippen LogP contribution in [0.3, 0.4) is 0 Å². The Bertz CT molecular complexity index is 66.8. The number of rotatable bonds is 1. The molecule has 0 aromatic rings. The van der Waals surface area contributed by atoms with Gasteiger partial charge in [-0.3, -0.25) is 0 Å². The van der Waals surface area contributed by atoms with E-state index >= 15 is 0 Å². The van der Waals surface area contributed by atoms with Crippen LogP contribution in [0, 0.1) is 7.11 Å². The predicted octanol–water partition coefficient (Wildman–Crippen LogP) is -2.06. The van der Waals surface area contributed by atoms with E-state index in [9.17, 15) is 0 Å². The summed E-state index contributed by atoms with van der Waals surface area (Å²) in [5, 5.41) is 0. The Balaban J connectivity index is 0. The van der Waals surface area contributed by atoms with Crippen molar-refractivity contribution in [3.63, 3.8) is 0 Å². The Labute approximate surface area is 84.2 Å². The van der Waals surface area contributed by atoms with Crippen LogP contribution in [0.1, 0.15) is 19.3 Å². The van der Waals surface area contributed by atoms with Gasteiger partial charge in [0.05, 0.1) is 0 Å². The molecule has 0 aliphatic carbocycles. The van der Waals surface area contributed by atoms with Gasteiger partial charge in [0, 0.05) is 6.61 Å². The molecule has 1 rings (SSSR count). The van der Waals surface area contributed by atoms with Crippen molar-refractivity contribution in [1.29, 1.82) is 0 Å². The maximum atomic E-state index is 5.14. The van der Waals surface area contributed by atoms with Crippen molar-refractivity contribution in [2.24, 2.45) is 0 Å². The average Bonchev–Trinajstić information content (AvgIpc) is 1.90. The standard InChI is InChI=1S/C6H11O2.ClH.Mg/c1-7-6-4-2-3-5-8-6;;/h6H,1-5H2;1H;/q-1;;+2/p-1. The smallest absolute Gasteiger partial charge is 1.00 e. The molecule has 1 aliphatic rings. The zero-order valence-corrected chi connectivity index (χ0v) is 8.18. The molecule has 0 saturated carbocycles. The summed E-state index contributed by atoms with van der Waals surface area (Å²) < 4.78 is 9.86. The molecule has 56 valence electrons. The minimum Gasteiger partial charge on any atom is -1.00 e. The zero-order valence-electron chi connectivity index (χ0n) is 6.01. The fraction of sp³-hybridized carbons (Fsp3) is 0.833. The molecule has 0 radical (unpaired) electrons. The molecule has 1 atom stereocenters.